The molecular weight excluding hydrogens is 266 g/mol. The maximum Gasteiger partial charge on any atom is 0.105 e. The van der Waals surface area contributed by atoms with Crippen molar-refractivity contribution in [3.05, 3.63) is 47.3 Å². The summed E-state index contributed by atoms with van der Waals surface area (Å²) in [5, 5.41) is 13.2. The number of aliphatic hydroxyl groups is 1. The van der Waals surface area contributed by atoms with E-state index in [-0.39, 0.29) is 0 Å². The zero-order valence-electron chi connectivity index (χ0n) is 11.5. The molecule has 1 atom stereocenters. The summed E-state index contributed by atoms with van der Waals surface area (Å²) in [6.07, 6.45) is 2.26. The summed E-state index contributed by atoms with van der Waals surface area (Å²) in [4.78, 5) is 3.69. The predicted octanol–water partition coefficient (Wildman–Crippen LogP) is 3.33. The van der Waals surface area contributed by atoms with E-state index in [0.29, 0.717) is 5.92 Å². The maximum absolute atomic E-state index is 11.1. The van der Waals surface area contributed by atoms with Gasteiger partial charge in [0.1, 0.15) is 5.60 Å². The highest BCUT2D eigenvalue weighted by molar-refractivity contribution is 7.13. The number of hydrogen-bond donors (Lipinski definition) is 1. The van der Waals surface area contributed by atoms with E-state index in [2.05, 4.69) is 46.7 Å². The van der Waals surface area contributed by atoms with Crippen LogP contribution in [0.4, 0.5) is 0 Å². The Balaban J connectivity index is 1.66. The molecule has 0 unspecified atom stereocenters. The van der Waals surface area contributed by atoms with E-state index in [1.54, 1.807) is 11.3 Å². The number of rotatable bonds is 2. The summed E-state index contributed by atoms with van der Waals surface area (Å²) in [7, 11) is 0. The third-order valence-corrected chi connectivity index (χ3v) is 5.84. The molecule has 1 aromatic heterocycles. The molecule has 2 nitrogen and oxygen atoms in total. The van der Waals surface area contributed by atoms with E-state index in [4.69, 9.17) is 0 Å². The number of nitrogens with zero attached hydrogens (tertiary/aromatic N) is 1. The van der Waals surface area contributed by atoms with Gasteiger partial charge in [-0.15, -0.1) is 11.3 Å². The Morgan fingerprint density at radius 3 is 2.40 bits per heavy atom. The van der Waals surface area contributed by atoms with Gasteiger partial charge in [0.25, 0.3) is 0 Å². The molecule has 5 rings (SSSR count). The summed E-state index contributed by atoms with van der Waals surface area (Å²) in [6.45, 7) is 3.11. The smallest absolute Gasteiger partial charge is 0.105 e. The molecule has 3 aliphatic rings. The Morgan fingerprint density at radius 2 is 1.85 bits per heavy atom. The molecule has 4 heterocycles. The highest BCUT2D eigenvalue weighted by atomic mass is 32.1. The lowest BCUT2D eigenvalue weighted by Crippen LogP contribution is -2.57. The summed E-state index contributed by atoms with van der Waals surface area (Å²) < 4.78 is 0. The third kappa shape index (κ3) is 1.93. The molecule has 2 aromatic rings. The first-order valence-corrected chi connectivity index (χ1v) is 8.23. The molecule has 3 heteroatoms. The summed E-state index contributed by atoms with van der Waals surface area (Å²) in [6, 6.07) is 12.8. The monoisotopic (exact) mass is 285 g/mol. The molecule has 104 valence electrons. The molecule has 3 saturated heterocycles. The van der Waals surface area contributed by atoms with Crippen LogP contribution < -0.4 is 0 Å². The van der Waals surface area contributed by atoms with Crippen LogP contribution in [-0.4, -0.2) is 29.6 Å². The second-order valence-corrected chi connectivity index (χ2v) is 6.98. The van der Waals surface area contributed by atoms with Crippen LogP contribution in [-0.2, 0) is 5.60 Å². The number of piperidine rings is 3. The molecule has 0 amide bonds. The Kier molecular flexibility index (Phi) is 2.95. The van der Waals surface area contributed by atoms with Crippen molar-refractivity contribution in [2.24, 2.45) is 5.92 Å². The highest BCUT2D eigenvalue weighted by Crippen LogP contribution is 2.42. The Morgan fingerprint density at radius 1 is 1.10 bits per heavy atom. The quantitative estimate of drug-likeness (QED) is 0.915. The number of hydrogen-bond acceptors (Lipinski definition) is 3. The summed E-state index contributed by atoms with van der Waals surface area (Å²) >= 11 is 1.76. The fourth-order valence-electron chi connectivity index (χ4n) is 3.73. The van der Waals surface area contributed by atoms with Gasteiger partial charge in [0.15, 0.2) is 0 Å². The van der Waals surface area contributed by atoms with Gasteiger partial charge in [-0.05, 0) is 54.4 Å². The van der Waals surface area contributed by atoms with Crippen molar-refractivity contribution in [2.45, 2.75) is 18.4 Å². The second kappa shape index (κ2) is 4.69. The van der Waals surface area contributed by atoms with E-state index in [1.807, 2.05) is 0 Å². The molecule has 1 aromatic carbocycles. The highest BCUT2D eigenvalue weighted by Gasteiger charge is 2.46. The molecular formula is C17H19NOS. The SMILES string of the molecule is O[C@@]1(c2ccc(-c3cccs3)cc2)CN2CCC1CC2. The van der Waals surface area contributed by atoms with Crippen molar-refractivity contribution in [2.75, 3.05) is 19.6 Å². The summed E-state index contributed by atoms with van der Waals surface area (Å²) in [5.41, 5.74) is 1.70. The van der Waals surface area contributed by atoms with Gasteiger partial charge in [0.05, 0.1) is 0 Å². The molecule has 1 N–H and O–H groups in total. The van der Waals surface area contributed by atoms with Crippen LogP contribution in [0.5, 0.6) is 0 Å². The topological polar surface area (TPSA) is 23.5 Å². The molecule has 2 bridgehead atoms. The van der Waals surface area contributed by atoms with Gasteiger partial charge in [0.2, 0.25) is 0 Å². The fraction of sp³-hybridized carbons (Fsp3) is 0.412. The van der Waals surface area contributed by atoms with Gasteiger partial charge >= 0.3 is 0 Å². The van der Waals surface area contributed by atoms with Gasteiger partial charge in [-0.3, -0.25) is 0 Å². The molecule has 0 saturated carbocycles. The average Bonchev–Trinajstić information content (AvgIpc) is 3.03. The van der Waals surface area contributed by atoms with E-state index < -0.39 is 5.60 Å². The number of benzene rings is 1. The molecule has 0 aliphatic carbocycles. The van der Waals surface area contributed by atoms with Gasteiger partial charge in [-0.25, -0.2) is 0 Å². The van der Waals surface area contributed by atoms with Crippen molar-refractivity contribution >= 4 is 11.3 Å². The van der Waals surface area contributed by atoms with Crippen LogP contribution in [0.15, 0.2) is 41.8 Å². The molecule has 0 radical (unpaired) electrons. The van der Waals surface area contributed by atoms with E-state index in [0.717, 1.165) is 38.0 Å². The first-order chi connectivity index (χ1) is 9.75. The van der Waals surface area contributed by atoms with Crippen molar-refractivity contribution in [3.63, 3.8) is 0 Å². The van der Waals surface area contributed by atoms with Crippen LogP contribution in [0.1, 0.15) is 18.4 Å². The van der Waals surface area contributed by atoms with Gasteiger partial charge in [-0.2, -0.15) is 0 Å². The minimum absolute atomic E-state index is 0.431. The van der Waals surface area contributed by atoms with Crippen LogP contribution in [0.3, 0.4) is 0 Å². The maximum atomic E-state index is 11.1. The fourth-order valence-corrected chi connectivity index (χ4v) is 4.46. The minimum atomic E-state index is -0.634. The van der Waals surface area contributed by atoms with Crippen LogP contribution >= 0.6 is 11.3 Å². The Bertz CT molecular complexity index is 584. The van der Waals surface area contributed by atoms with E-state index in [9.17, 15) is 5.11 Å². The second-order valence-electron chi connectivity index (χ2n) is 6.03. The molecule has 3 aliphatic heterocycles. The van der Waals surface area contributed by atoms with Crippen molar-refractivity contribution in [1.29, 1.82) is 0 Å². The zero-order chi connectivity index (χ0) is 13.6. The normalized spacial score (nSPS) is 32.5. The first kappa shape index (κ1) is 12.6. The predicted molar refractivity (Wildman–Crippen MR) is 82.8 cm³/mol. The van der Waals surface area contributed by atoms with Crippen LogP contribution in [0, 0.1) is 5.92 Å². The van der Waals surface area contributed by atoms with Crippen LogP contribution in [0.2, 0.25) is 0 Å². The Hall–Kier alpha value is -1.16. The zero-order valence-corrected chi connectivity index (χ0v) is 12.3. The van der Waals surface area contributed by atoms with Crippen molar-refractivity contribution in [1.82, 2.24) is 4.90 Å². The van der Waals surface area contributed by atoms with Crippen molar-refractivity contribution < 1.29 is 5.11 Å². The van der Waals surface area contributed by atoms with Gasteiger partial charge < -0.3 is 10.0 Å². The summed E-state index contributed by atoms with van der Waals surface area (Å²) in [5.74, 6) is 0.431. The van der Waals surface area contributed by atoms with E-state index in [1.165, 1.54) is 10.4 Å². The number of fused-ring (bicyclic) bond motifs is 3. The lowest BCUT2D eigenvalue weighted by molar-refractivity contribution is -0.117. The van der Waals surface area contributed by atoms with Gasteiger partial charge in [0, 0.05) is 11.4 Å². The van der Waals surface area contributed by atoms with E-state index >= 15 is 0 Å². The van der Waals surface area contributed by atoms with Crippen molar-refractivity contribution in [3.8, 4) is 10.4 Å². The molecule has 0 spiro atoms. The Labute approximate surface area is 123 Å². The largest absolute Gasteiger partial charge is 0.384 e. The standard InChI is InChI=1S/C17H19NOS/c19-17(12-18-9-7-15(17)8-10-18)14-5-3-13(4-6-14)16-2-1-11-20-16/h1-6,11,15,19H,7-10,12H2/t17-/m1/s1. The van der Waals surface area contributed by atoms with Crippen LogP contribution in [0.25, 0.3) is 10.4 Å². The molecule has 3 fully saturated rings. The number of thiophene rings is 1. The lowest BCUT2D eigenvalue weighted by Gasteiger charge is -2.50. The molecule has 20 heavy (non-hydrogen) atoms. The first-order valence-electron chi connectivity index (χ1n) is 7.35. The van der Waals surface area contributed by atoms with Gasteiger partial charge in [-0.1, -0.05) is 30.3 Å². The minimum Gasteiger partial charge on any atom is -0.384 e. The average molecular weight is 285 g/mol. The third-order valence-electron chi connectivity index (χ3n) is 4.92. The lowest BCUT2D eigenvalue weighted by atomic mass is 9.71.